The standard InChI is InChI=1S/C18H22O4Se2/c1-11(19)13-7-5-9-15(21-3)17(13)23-24-18-14(12(2)20)8-6-10-16(18)22-4/h5-12,19-20H,1-4H3/t11-,12-/m0/s1. The van der Waals surface area contributed by atoms with Crippen LogP contribution in [0.4, 0.5) is 0 Å². The van der Waals surface area contributed by atoms with Crippen LogP contribution in [0.5, 0.6) is 11.5 Å². The molecule has 0 fully saturated rings. The van der Waals surface area contributed by atoms with Gasteiger partial charge in [-0.15, -0.1) is 0 Å². The number of ether oxygens (including phenoxy) is 2. The summed E-state index contributed by atoms with van der Waals surface area (Å²) in [5.41, 5.74) is 1.81. The monoisotopic (exact) mass is 462 g/mol. The molecule has 0 bridgehead atoms. The maximum atomic E-state index is 10.1. The van der Waals surface area contributed by atoms with Crippen molar-refractivity contribution in [1.29, 1.82) is 0 Å². The van der Waals surface area contributed by atoms with Gasteiger partial charge in [-0.05, 0) is 0 Å². The molecule has 2 aromatic rings. The van der Waals surface area contributed by atoms with Gasteiger partial charge in [0, 0.05) is 0 Å². The molecule has 0 aromatic heterocycles. The van der Waals surface area contributed by atoms with Crippen LogP contribution < -0.4 is 18.4 Å². The van der Waals surface area contributed by atoms with Crippen molar-refractivity contribution >= 4 is 35.2 Å². The van der Waals surface area contributed by atoms with Crippen LogP contribution in [0.2, 0.25) is 0 Å². The average molecular weight is 460 g/mol. The molecule has 0 unspecified atom stereocenters. The Labute approximate surface area is 154 Å². The Morgan fingerprint density at radius 2 is 1.12 bits per heavy atom. The normalized spacial score (nSPS) is 13.4. The van der Waals surface area contributed by atoms with Crippen molar-refractivity contribution in [3.63, 3.8) is 0 Å². The van der Waals surface area contributed by atoms with E-state index in [1.165, 1.54) is 0 Å². The van der Waals surface area contributed by atoms with Crippen molar-refractivity contribution < 1.29 is 19.7 Å². The SMILES string of the molecule is COc1cccc([C@H](C)O)c1[Se][Se]c1c(OC)cccc1[C@H](C)O. The predicted molar refractivity (Wildman–Crippen MR) is 98.0 cm³/mol. The van der Waals surface area contributed by atoms with E-state index >= 15 is 0 Å². The summed E-state index contributed by atoms with van der Waals surface area (Å²) < 4.78 is 13.1. The van der Waals surface area contributed by atoms with Crippen molar-refractivity contribution in [2.75, 3.05) is 14.2 Å². The molecule has 0 saturated carbocycles. The molecule has 2 aromatic carbocycles. The van der Waals surface area contributed by atoms with Crippen LogP contribution in [0, 0.1) is 0 Å². The first-order valence-corrected chi connectivity index (χ1v) is 13.6. The molecule has 2 atom stereocenters. The summed E-state index contributed by atoms with van der Waals surface area (Å²) in [5, 5.41) is 20.1. The Morgan fingerprint density at radius 3 is 1.42 bits per heavy atom. The van der Waals surface area contributed by atoms with Gasteiger partial charge in [-0.3, -0.25) is 0 Å². The van der Waals surface area contributed by atoms with Crippen LogP contribution in [0.15, 0.2) is 36.4 Å². The van der Waals surface area contributed by atoms with E-state index in [-0.39, 0.29) is 26.3 Å². The van der Waals surface area contributed by atoms with E-state index in [1.54, 1.807) is 28.1 Å². The molecular weight excluding hydrogens is 438 g/mol. The van der Waals surface area contributed by atoms with E-state index < -0.39 is 12.2 Å². The summed E-state index contributed by atoms with van der Waals surface area (Å²) in [6.45, 7) is 3.54. The van der Waals surface area contributed by atoms with E-state index in [2.05, 4.69) is 0 Å². The third-order valence-electron chi connectivity index (χ3n) is 3.57. The first kappa shape index (κ1) is 19.3. The second-order valence-corrected chi connectivity index (χ2v) is 11.3. The molecule has 0 saturated heterocycles. The average Bonchev–Trinajstić information content (AvgIpc) is 2.58. The number of benzene rings is 2. The van der Waals surface area contributed by atoms with Crippen LogP contribution >= 0.6 is 0 Å². The minimum absolute atomic E-state index is 0.0875. The third-order valence-corrected chi connectivity index (χ3v) is 10.8. The third kappa shape index (κ3) is 4.34. The van der Waals surface area contributed by atoms with E-state index in [1.807, 2.05) is 36.4 Å². The molecule has 0 radical (unpaired) electrons. The summed E-state index contributed by atoms with van der Waals surface area (Å²) in [5.74, 6) is 1.62. The molecule has 0 aliphatic heterocycles. The van der Waals surface area contributed by atoms with Gasteiger partial charge in [-0.1, -0.05) is 0 Å². The zero-order valence-electron chi connectivity index (χ0n) is 14.1. The molecule has 2 N–H and O–H groups in total. The number of aliphatic hydroxyl groups is 2. The van der Waals surface area contributed by atoms with Crippen LogP contribution in [-0.4, -0.2) is 50.7 Å². The van der Waals surface area contributed by atoms with E-state index in [9.17, 15) is 10.2 Å². The van der Waals surface area contributed by atoms with E-state index in [4.69, 9.17) is 9.47 Å². The second-order valence-electron chi connectivity index (χ2n) is 5.28. The fraction of sp³-hybridized carbons (Fsp3) is 0.333. The van der Waals surface area contributed by atoms with Gasteiger partial charge in [0.05, 0.1) is 0 Å². The van der Waals surface area contributed by atoms with Gasteiger partial charge in [-0.2, -0.15) is 0 Å². The van der Waals surface area contributed by atoms with Crippen LogP contribution in [0.25, 0.3) is 0 Å². The molecule has 2 rings (SSSR count). The predicted octanol–water partition coefficient (Wildman–Crippen LogP) is 1.08. The van der Waals surface area contributed by atoms with Crippen molar-refractivity contribution in [2.45, 2.75) is 26.1 Å². The van der Waals surface area contributed by atoms with Crippen molar-refractivity contribution in [2.24, 2.45) is 0 Å². The quantitative estimate of drug-likeness (QED) is 0.608. The van der Waals surface area contributed by atoms with Crippen LogP contribution in [0.1, 0.15) is 37.2 Å². The van der Waals surface area contributed by atoms with Crippen LogP contribution in [-0.2, 0) is 0 Å². The number of methoxy groups -OCH3 is 2. The molecule has 0 aliphatic carbocycles. The fourth-order valence-electron chi connectivity index (χ4n) is 2.31. The molecule has 4 nitrogen and oxygen atoms in total. The molecule has 24 heavy (non-hydrogen) atoms. The van der Waals surface area contributed by atoms with E-state index in [0.29, 0.717) is 0 Å². The van der Waals surface area contributed by atoms with Gasteiger partial charge < -0.3 is 0 Å². The van der Waals surface area contributed by atoms with Crippen molar-refractivity contribution in [1.82, 2.24) is 0 Å². The van der Waals surface area contributed by atoms with Gasteiger partial charge in [0.2, 0.25) is 0 Å². The minimum atomic E-state index is -0.540. The molecule has 130 valence electrons. The van der Waals surface area contributed by atoms with Crippen LogP contribution in [0.3, 0.4) is 0 Å². The molecular formula is C18H22O4Se2. The summed E-state index contributed by atoms with van der Waals surface area (Å²) in [6, 6.07) is 11.5. The Morgan fingerprint density at radius 1 is 0.750 bits per heavy atom. The summed E-state index contributed by atoms with van der Waals surface area (Å²) in [7, 11) is 3.30. The summed E-state index contributed by atoms with van der Waals surface area (Å²) >= 11 is 0.175. The number of aliphatic hydroxyl groups excluding tert-OH is 2. The summed E-state index contributed by atoms with van der Waals surface area (Å²) in [6.07, 6.45) is -1.08. The van der Waals surface area contributed by atoms with Gasteiger partial charge in [0.25, 0.3) is 0 Å². The van der Waals surface area contributed by atoms with E-state index in [0.717, 1.165) is 31.5 Å². The number of hydrogen-bond donors (Lipinski definition) is 2. The van der Waals surface area contributed by atoms with Crippen molar-refractivity contribution in [3.8, 4) is 11.5 Å². The molecule has 0 aliphatic rings. The zero-order chi connectivity index (χ0) is 17.7. The van der Waals surface area contributed by atoms with Crippen molar-refractivity contribution in [3.05, 3.63) is 47.5 Å². The molecule has 6 heteroatoms. The van der Waals surface area contributed by atoms with Gasteiger partial charge in [0.1, 0.15) is 0 Å². The first-order valence-electron chi connectivity index (χ1n) is 7.54. The summed E-state index contributed by atoms with van der Waals surface area (Å²) in [4.78, 5) is 0. The number of rotatable bonds is 7. The Balaban J connectivity index is 2.39. The fourth-order valence-corrected chi connectivity index (χ4v) is 10.7. The molecule has 0 amide bonds. The van der Waals surface area contributed by atoms with Gasteiger partial charge in [0.15, 0.2) is 0 Å². The topological polar surface area (TPSA) is 58.9 Å². The molecule has 0 spiro atoms. The second kappa shape index (κ2) is 8.91. The molecule has 0 heterocycles. The Bertz CT molecular complexity index is 627. The zero-order valence-corrected chi connectivity index (χ0v) is 17.6. The maximum absolute atomic E-state index is 10.1. The van der Waals surface area contributed by atoms with Gasteiger partial charge >= 0.3 is 154 Å². The Hall–Kier alpha value is -1.00. The number of hydrogen-bond acceptors (Lipinski definition) is 4. The first-order chi connectivity index (χ1) is 11.5. The van der Waals surface area contributed by atoms with Gasteiger partial charge in [-0.25, -0.2) is 0 Å². The Kier molecular flexibility index (Phi) is 7.17.